The van der Waals surface area contributed by atoms with Crippen molar-refractivity contribution in [3.8, 4) is 0 Å². The second-order valence-corrected chi connectivity index (χ2v) is 6.10. The minimum Gasteiger partial charge on any atom is -0.165 e. The van der Waals surface area contributed by atoms with Crippen LogP contribution in [-0.4, -0.2) is 17.9 Å². The van der Waals surface area contributed by atoms with Gasteiger partial charge in [0, 0.05) is 10.4 Å². The zero-order chi connectivity index (χ0) is 11.8. The lowest BCUT2D eigenvalue weighted by Crippen LogP contribution is -2.07. The topological polar surface area (TPSA) is 0 Å². The van der Waals surface area contributed by atoms with Crippen LogP contribution in [0.2, 0.25) is 0 Å². The summed E-state index contributed by atoms with van der Waals surface area (Å²) in [6, 6.07) is 8.42. The summed E-state index contributed by atoms with van der Waals surface area (Å²) in [7, 11) is 0. The fourth-order valence-electron chi connectivity index (χ4n) is 1.73. The van der Waals surface area contributed by atoms with Gasteiger partial charge in [0.1, 0.15) is 0 Å². The van der Waals surface area contributed by atoms with E-state index in [4.69, 9.17) is 11.6 Å². The molecular formula is C13H18BrClS. The highest BCUT2D eigenvalue weighted by molar-refractivity contribution is 9.10. The number of thioether (sulfide) groups is 1. The van der Waals surface area contributed by atoms with E-state index in [1.54, 1.807) is 0 Å². The number of halogens is 2. The normalized spacial score (nSPS) is 12.7. The van der Waals surface area contributed by atoms with Gasteiger partial charge in [-0.1, -0.05) is 34.1 Å². The van der Waals surface area contributed by atoms with Gasteiger partial charge in [0.05, 0.1) is 0 Å². The van der Waals surface area contributed by atoms with Crippen molar-refractivity contribution in [2.24, 2.45) is 5.92 Å². The number of hydrogen-bond donors (Lipinski definition) is 0. The summed E-state index contributed by atoms with van der Waals surface area (Å²) < 4.78 is 1.20. The van der Waals surface area contributed by atoms with Gasteiger partial charge in [0.25, 0.3) is 0 Å². The molecule has 1 unspecified atom stereocenters. The van der Waals surface area contributed by atoms with Crippen molar-refractivity contribution in [2.75, 3.05) is 17.9 Å². The fraction of sp³-hybridized carbons (Fsp3) is 0.538. The largest absolute Gasteiger partial charge is 0.165 e. The van der Waals surface area contributed by atoms with Crippen LogP contribution in [-0.2, 0) is 6.42 Å². The minimum absolute atomic E-state index is 0.604. The summed E-state index contributed by atoms with van der Waals surface area (Å²) >= 11 is 11.5. The monoisotopic (exact) mass is 320 g/mol. The quantitative estimate of drug-likeness (QED) is 0.503. The molecule has 0 saturated heterocycles. The predicted molar refractivity (Wildman–Crippen MR) is 79.7 cm³/mol. The van der Waals surface area contributed by atoms with E-state index in [-0.39, 0.29) is 0 Å². The third-order valence-corrected chi connectivity index (χ3v) is 4.55. The molecule has 16 heavy (non-hydrogen) atoms. The first kappa shape index (κ1) is 14.4. The highest BCUT2D eigenvalue weighted by atomic mass is 79.9. The number of rotatable bonds is 7. The van der Waals surface area contributed by atoms with E-state index in [1.807, 2.05) is 11.8 Å². The second-order valence-electron chi connectivity index (χ2n) is 3.95. The van der Waals surface area contributed by atoms with Gasteiger partial charge in [-0.15, -0.1) is 11.6 Å². The first-order chi connectivity index (χ1) is 7.77. The molecule has 0 amide bonds. The van der Waals surface area contributed by atoms with Gasteiger partial charge >= 0.3 is 0 Å². The number of hydrogen-bond acceptors (Lipinski definition) is 1. The molecule has 0 spiro atoms. The molecule has 0 saturated carbocycles. The van der Waals surface area contributed by atoms with Crippen LogP contribution in [0.3, 0.4) is 0 Å². The van der Waals surface area contributed by atoms with E-state index < -0.39 is 0 Å². The molecular weight excluding hydrogens is 304 g/mol. The first-order valence-electron chi connectivity index (χ1n) is 5.56. The van der Waals surface area contributed by atoms with E-state index in [0.717, 1.165) is 12.3 Å². The smallest absolute Gasteiger partial charge is 0.0254 e. The molecule has 0 aliphatic rings. The predicted octanol–water partition coefficient (Wildman–Crippen LogP) is 4.99. The summed E-state index contributed by atoms with van der Waals surface area (Å²) in [5, 5.41) is 0. The zero-order valence-corrected chi connectivity index (χ0v) is 12.7. The molecule has 0 aliphatic heterocycles. The van der Waals surface area contributed by atoms with Gasteiger partial charge in [-0.05, 0) is 48.8 Å². The van der Waals surface area contributed by atoms with Crippen molar-refractivity contribution in [1.82, 2.24) is 0 Å². The Kier molecular flexibility index (Phi) is 7.59. The Bertz CT molecular complexity index is 304. The third-order valence-electron chi connectivity index (χ3n) is 2.65. The van der Waals surface area contributed by atoms with Crippen LogP contribution in [0, 0.1) is 5.92 Å². The lowest BCUT2D eigenvalue weighted by molar-refractivity contribution is 0.530. The van der Waals surface area contributed by atoms with Crippen LogP contribution in [0.4, 0.5) is 0 Å². The molecule has 90 valence electrons. The van der Waals surface area contributed by atoms with Gasteiger partial charge in [-0.3, -0.25) is 0 Å². The molecule has 0 fully saturated rings. The Morgan fingerprint density at radius 3 is 2.75 bits per heavy atom. The Balaban J connectivity index is 2.46. The Morgan fingerprint density at radius 2 is 2.12 bits per heavy atom. The van der Waals surface area contributed by atoms with E-state index in [9.17, 15) is 0 Å². The fourth-order valence-corrected chi connectivity index (χ4v) is 2.89. The number of alkyl halides is 1. The van der Waals surface area contributed by atoms with Gasteiger partial charge < -0.3 is 0 Å². The Morgan fingerprint density at radius 1 is 1.38 bits per heavy atom. The lowest BCUT2D eigenvalue weighted by atomic mass is 9.97. The van der Waals surface area contributed by atoms with Crippen molar-refractivity contribution in [3.63, 3.8) is 0 Å². The second kappa shape index (κ2) is 8.43. The zero-order valence-electron chi connectivity index (χ0n) is 9.59. The SMILES string of the molecule is CSCCCC(CCl)Cc1ccccc1Br. The molecule has 0 radical (unpaired) electrons. The van der Waals surface area contributed by atoms with E-state index in [2.05, 4.69) is 46.5 Å². The summed E-state index contributed by atoms with van der Waals surface area (Å²) in [4.78, 5) is 0. The van der Waals surface area contributed by atoms with Gasteiger partial charge in [0.15, 0.2) is 0 Å². The van der Waals surface area contributed by atoms with Gasteiger partial charge in [0.2, 0.25) is 0 Å². The van der Waals surface area contributed by atoms with Crippen molar-refractivity contribution in [2.45, 2.75) is 19.3 Å². The van der Waals surface area contributed by atoms with E-state index in [1.165, 1.54) is 28.6 Å². The Hall–Kier alpha value is 0.340. The summed E-state index contributed by atoms with van der Waals surface area (Å²) in [5.74, 6) is 2.60. The van der Waals surface area contributed by atoms with Crippen LogP contribution >= 0.6 is 39.3 Å². The molecule has 1 atom stereocenters. The molecule has 3 heteroatoms. The van der Waals surface area contributed by atoms with Crippen LogP contribution < -0.4 is 0 Å². The van der Waals surface area contributed by atoms with Crippen LogP contribution in [0.15, 0.2) is 28.7 Å². The summed E-state index contributed by atoms with van der Waals surface area (Å²) in [5.41, 5.74) is 1.37. The lowest BCUT2D eigenvalue weighted by Gasteiger charge is -2.14. The van der Waals surface area contributed by atoms with Crippen LogP contribution in [0.5, 0.6) is 0 Å². The van der Waals surface area contributed by atoms with Crippen molar-refractivity contribution >= 4 is 39.3 Å². The average Bonchev–Trinajstić information content (AvgIpc) is 2.30. The maximum Gasteiger partial charge on any atom is 0.0254 e. The van der Waals surface area contributed by atoms with E-state index >= 15 is 0 Å². The molecule has 0 bridgehead atoms. The van der Waals surface area contributed by atoms with Gasteiger partial charge in [-0.25, -0.2) is 0 Å². The molecule has 1 rings (SSSR count). The Labute approximate surface area is 116 Å². The molecule has 0 N–H and O–H groups in total. The first-order valence-corrected chi connectivity index (χ1v) is 8.28. The molecule has 0 aliphatic carbocycles. The standard InChI is InChI=1S/C13H18BrClS/c1-16-8-4-5-11(10-15)9-12-6-2-3-7-13(12)14/h2-3,6-7,11H,4-5,8-10H2,1H3. The molecule has 0 heterocycles. The molecule has 1 aromatic carbocycles. The van der Waals surface area contributed by atoms with Crippen molar-refractivity contribution in [3.05, 3.63) is 34.3 Å². The van der Waals surface area contributed by atoms with Crippen LogP contribution in [0.25, 0.3) is 0 Å². The maximum absolute atomic E-state index is 6.03. The summed E-state index contributed by atoms with van der Waals surface area (Å²) in [6.45, 7) is 0. The van der Waals surface area contributed by atoms with Crippen molar-refractivity contribution < 1.29 is 0 Å². The van der Waals surface area contributed by atoms with E-state index in [0.29, 0.717) is 5.92 Å². The molecule has 0 aromatic heterocycles. The summed E-state index contributed by atoms with van der Waals surface area (Å²) in [6.07, 6.45) is 5.73. The average molecular weight is 322 g/mol. The maximum atomic E-state index is 6.03. The number of benzene rings is 1. The highest BCUT2D eigenvalue weighted by Gasteiger charge is 2.10. The van der Waals surface area contributed by atoms with Crippen LogP contribution in [0.1, 0.15) is 18.4 Å². The van der Waals surface area contributed by atoms with Gasteiger partial charge in [-0.2, -0.15) is 11.8 Å². The highest BCUT2D eigenvalue weighted by Crippen LogP contribution is 2.22. The molecule has 0 nitrogen and oxygen atoms in total. The third kappa shape index (κ3) is 5.11. The molecule has 1 aromatic rings. The minimum atomic E-state index is 0.604. The van der Waals surface area contributed by atoms with Crippen molar-refractivity contribution in [1.29, 1.82) is 0 Å².